The van der Waals surface area contributed by atoms with Crippen LogP contribution in [0.5, 0.6) is 0 Å². The van der Waals surface area contributed by atoms with Crippen LogP contribution in [0.15, 0.2) is 24.4 Å². The lowest BCUT2D eigenvalue weighted by Gasteiger charge is -2.44. The normalized spacial score (nSPS) is 23.0. The van der Waals surface area contributed by atoms with Gasteiger partial charge in [-0.1, -0.05) is 36.6 Å². The maximum atomic E-state index is 13.5. The van der Waals surface area contributed by atoms with Crippen molar-refractivity contribution in [3.8, 4) is 11.3 Å². The predicted molar refractivity (Wildman–Crippen MR) is 104 cm³/mol. The molecule has 1 aliphatic heterocycles. The average Bonchev–Trinajstić information content (AvgIpc) is 3.04. The van der Waals surface area contributed by atoms with Gasteiger partial charge in [0.1, 0.15) is 0 Å². The van der Waals surface area contributed by atoms with Crippen LogP contribution in [-0.4, -0.2) is 33.2 Å². The molecule has 1 aliphatic carbocycles. The van der Waals surface area contributed by atoms with Gasteiger partial charge in [0.2, 0.25) is 0 Å². The summed E-state index contributed by atoms with van der Waals surface area (Å²) in [5.74, 6) is 0.803. The van der Waals surface area contributed by atoms with E-state index in [0.29, 0.717) is 22.5 Å². The molecule has 0 radical (unpaired) electrons. The Kier molecular flexibility index (Phi) is 4.78. The quantitative estimate of drug-likeness (QED) is 0.757. The van der Waals surface area contributed by atoms with Gasteiger partial charge >= 0.3 is 0 Å². The molecular weight excluding hydrogens is 346 g/mol. The number of rotatable bonds is 2. The summed E-state index contributed by atoms with van der Waals surface area (Å²) in [4.78, 5) is 15.6. The summed E-state index contributed by atoms with van der Waals surface area (Å²) in [6.07, 6.45) is 9.05. The third kappa shape index (κ3) is 3.05. The van der Waals surface area contributed by atoms with E-state index in [-0.39, 0.29) is 5.91 Å². The highest BCUT2D eigenvalue weighted by molar-refractivity contribution is 6.31. The van der Waals surface area contributed by atoms with Crippen LogP contribution in [0.4, 0.5) is 0 Å². The topological polar surface area (TPSA) is 38.1 Å². The Balaban J connectivity index is 1.69. The molecule has 2 heterocycles. The smallest absolute Gasteiger partial charge is 0.257 e. The molecule has 1 saturated carbocycles. The standard InChI is InChI=1S/C21H26ClN3O/c1-14-9-10-16(12-18(14)22)20-17(13-23-24(20)2)21(26)25-11-5-7-15-6-3-4-8-19(15)25/h9-10,12-13,15,19H,3-8,11H2,1-2H3. The van der Waals surface area contributed by atoms with Gasteiger partial charge in [-0.2, -0.15) is 5.10 Å². The first-order chi connectivity index (χ1) is 12.6. The number of benzene rings is 1. The van der Waals surface area contributed by atoms with Gasteiger partial charge in [-0.15, -0.1) is 0 Å². The molecule has 1 aromatic heterocycles. The van der Waals surface area contributed by atoms with E-state index < -0.39 is 0 Å². The van der Waals surface area contributed by atoms with Crippen molar-refractivity contribution in [2.45, 2.75) is 51.5 Å². The number of halogens is 1. The van der Waals surface area contributed by atoms with E-state index in [1.165, 1.54) is 25.7 Å². The number of nitrogens with zero attached hydrogens (tertiary/aromatic N) is 3. The third-order valence-corrected chi connectivity index (χ3v) is 6.53. The molecule has 0 N–H and O–H groups in total. The first-order valence-electron chi connectivity index (χ1n) is 9.65. The fourth-order valence-corrected chi connectivity index (χ4v) is 4.89. The van der Waals surface area contributed by atoms with E-state index >= 15 is 0 Å². The van der Waals surface area contributed by atoms with Gasteiger partial charge in [-0.05, 0) is 50.2 Å². The molecule has 2 unspecified atom stereocenters. The number of carbonyl (C=O) groups is 1. The number of carbonyl (C=O) groups excluding carboxylic acids is 1. The van der Waals surface area contributed by atoms with Crippen molar-refractivity contribution in [2.24, 2.45) is 13.0 Å². The molecule has 26 heavy (non-hydrogen) atoms. The van der Waals surface area contributed by atoms with Gasteiger partial charge in [0.05, 0.1) is 17.5 Å². The first kappa shape index (κ1) is 17.6. The molecule has 2 aromatic rings. The van der Waals surface area contributed by atoms with Gasteiger partial charge in [0.25, 0.3) is 5.91 Å². The van der Waals surface area contributed by atoms with Crippen LogP contribution in [0.2, 0.25) is 5.02 Å². The molecule has 0 bridgehead atoms. The van der Waals surface area contributed by atoms with Crippen molar-refractivity contribution in [3.63, 3.8) is 0 Å². The molecule has 0 spiro atoms. The lowest BCUT2D eigenvalue weighted by molar-refractivity contribution is 0.0391. The lowest BCUT2D eigenvalue weighted by Crippen LogP contribution is -2.49. The highest BCUT2D eigenvalue weighted by Gasteiger charge is 2.37. The van der Waals surface area contributed by atoms with Crippen molar-refractivity contribution in [1.82, 2.24) is 14.7 Å². The predicted octanol–water partition coefficient (Wildman–Crippen LogP) is 4.84. The molecule has 4 rings (SSSR count). The average molecular weight is 372 g/mol. The first-order valence-corrected chi connectivity index (χ1v) is 10.0. The van der Waals surface area contributed by atoms with Crippen LogP contribution < -0.4 is 0 Å². The lowest BCUT2D eigenvalue weighted by atomic mass is 9.78. The number of likely N-dealkylation sites (tertiary alicyclic amines) is 1. The van der Waals surface area contributed by atoms with Gasteiger partial charge < -0.3 is 4.90 Å². The van der Waals surface area contributed by atoms with Crippen LogP contribution >= 0.6 is 11.6 Å². The molecule has 5 heteroatoms. The summed E-state index contributed by atoms with van der Waals surface area (Å²) in [7, 11) is 1.89. The van der Waals surface area contributed by atoms with Crippen molar-refractivity contribution in [1.29, 1.82) is 0 Å². The summed E-state index contributed by atoms with van der Waals surface area (Å²) in [5.41, 5.74) is 3.53. The van der Waals surface area contributed by atoms with E-state index in [9.17, 15) is 4.79 Å². The van der Waals surface area contributed by atoms with Crippen molar-refractivity contribution < 1.29 is 4.79 Å². The Labute approximate surface area is 160 Å². The second-order valence-electron chi connectivity index (χ2n) is 7.75. The van der Waals surface area contributed by atoms with E-state index in [1.807, 2.05) is 32.2 Å². The summed E-state index contributed by atoms with van der Waals surface area (Å²) < 4.78 is 1.79. The molecule has 2 atom stereocenters. The van der Waals surface area contributed by atoms with Crippen LogP contribution in [0, 0.1) is 12.8 Å². The molecule has 2 aliphatic rings. The molecule has 138 valence electrons. The van der Waals surface area contributed by atoms with Crippen LogP contribution in [0.3, 0.4) is 0 Å². The van der Waals surface area contributed by atoms with Crippen LogP contribution in [0.1, 0.15) is 54.4 Å². The summed E-state index contributed by atoms with van der Waals surface area (Å²) in [5, 5.41) is 5.11. The zero-order valence-electron chi connectivity index (χ0n) is 15.5. The zero-order valence-corrected chi connectivity index (χ0v) is 16.3. The summed E-state index contributed by atoms with van der Waals surface area (Å²) >= 11 is 6.33. The van der Waals surface area contributed by atoms with E-state index in [4.69, 9.17) is 11.6 Å². The van der Waals surface area contributed by atoms with Gasteiger partial charge in [-0.3, -0.25) is 9.48 Å². The van der Waals surface area contributed by atoms with Crippen molar-refractivity contribution >= 4 is 17.5 Å². The van der Waals surface area contributed by atoms with E-state index in [1.54, 1.807) is 10.9 Å². The number of aryl methyl sites for hydroxylation is 2. The highest BCUT2D eigenvalue weighted by Crippen LogP contribution is 2.37. The third-order valence-electron chi connectivity index (χ3n) is 6.12. The molecule has 4 nitrogen and oxygen atoms in total. The zero-order chi connectivity index (χ0) is 18.3. The van der Waals surface area contributed by atoms with Gasteiger partial charge in [0.15, 0.2) is 0 Å². The molecule has 1 saturated heterocycles. The monoisotopic (exact) mass is 371 g/mol. The fourth-order valence-electron chi connectivity index (χ4n) is 4.71. The number of fused-ring (bicyclic) bond motifs is 1. The number of hydrogen-bond acceptors (Lipinski definition) is 2. The minimum absolute atomic E-state index is 0.126. The Bertz CT molecular complexity index is 827. The summed E-state index contributed by atoms with van der Waals surface area (Å²) in [6.45, 7) is 2.85. The van der Waals surface area contributed by atoms with Gasteiger partial charge in [0, 0.05) is 30.2 Å². The van der Waals surface area contributed by atoms with Crippen LogP contribution in [0.25, 0.3) is 11.3 Å². The van der Waals surface area contributed by atoms with Gasteiger partial charge in [-0.25, -0.2) is 0 Å². The minimum atomic E-state index is 0.126. The maximum Gasteiger partial charge on any atom is 0.257 e. The Morgan fingerprint density at radius 2 is 1.96 bits per heavy atom. The Morgan fingerprint density at radius 3 is 2.77 bits per heavy atom. The Hall–Kier alpha value is -1.81. The highest BCUT2D eigenvalue weighted by atomic mass is 35.5. The number of hydrogen-bond donors (Lipinski definition) is 0. The number of piperidine rings is 1. The number of amides is 1. The minimum Gasteiger partial charge on any atom is -0.335 e. The van der Waals surface area contributed by atoms with Crippen LogP contribution in [-0.2, 0) is 7.05 Å². The second kappa shape index (κ2) is 7.07. The fraction of sp³-hybridized carbons (Fsp3) is 0.524. The Morgan fingerprint density at radius 1 is 1.19 bits per heavy atom. The summed E-state index contributed by atoms with van der Waals surface area (Å²) in [6, 6.07) is 6.36. The largest absolute Gasteiger partial charge is 0.335 e. The second-order valence-corrected chi connectivity index (χ2v) is 8.15. The maximum absolute atomic E-state index is 13.5. The number of aromatic nitrogens is 2. The molecule has 1 aromatic carbocycles. The van der Waals surface area contributed by atoms with Crippen molar-refractivity contribution in [2.75, 3.05) is 6.54 Å². The molecule has 2 fully saturated rings. The molecule has 1 amide bonds. The SMILES string of the molecule is Cc1ccc(-c2c(C(=O)N3CCCC4CCCCC43)cnn2C)cc1Cl. The molecular formula is C21H26ClN3O. The van der Waals surface area contributed by atoms with E-state index in [2.05, 4.69) is 10.00 Å². The van der Waals surface area contributed by atoms with E-state index in [0.717, 1.165) is 36.2 Å². The van der Waals surface area contributed by atoms with Crippen molar-refractivity contribution in [3.05, 3.63) is 40.5 Å².